The van der Waals surface area contributed by atoms with Gasteiger partial charge in [0, 0.05) is 35.6 Å². The van der Waals surface area contributed by atoms with E-state index in [1.807, 2.05) is 12.1 Å². The number of aliphatic carboxylic acids is 1. The van der Waals surface area contributed by atoms with E-state index in [9.17, 15) is 14.7 Å². The molecular weight excluding hydrogens is 501 g/mol. The van der Waals surface area contributed by atoms with Crippen LogP contribution in [-0.4, -0.2) is 25.0 Å². The Morgan fingerprint density at radius 3 is 2.51 bits per heavy atom. The summed E-state index contributed by atoms with van der Waals surface area (Å²) in [6.45, 7) is 0.796. The second-order valence-electron chi connectivity index (χ2n) is 8.64. The van der Waals surface area contributed by atoms with Crippen LogP contribution in [0.1, 0.15) is 33.8 Å². The van der Waals surface area contributed by atoms with Gasteiger partial charge < -0.3 is 24.7 Å². The van der Waals surface area contributed by atoms with Crippen molar-refractivity contribution < 1.29 is 53.7 Å². The molecule has 6 nitrogen and oxygen atoms in total. The quantitative estimate of drug-likeness (QED) is 0.374. The second-order valence-corrected chi connectivity index (χ2v) is 9.05. The van der Waals surface area contributed by atoms with Gasteiger partial charge in [-0.3, -0.25) is 4.79 Å². The normalized spacial score (nSPS) is 14.1. The number of nitrogens with one attached hydrogen (secondary N) is 1. The predicted molar refractivity (Wildman–Crippen MR) is 136 cm³/mol. The van der Waals surface area contributed by atoms with Crippen molar-refractivity contribution in [3.8, 4) is 17.2 Å². The van der Waals surface area contributed by atoms with Gasteiger partial charge in [-0.15, -0.1) is 0 Å². The minimum atomic E-state index is -1.16. The summed E-state index contributed by atoms with van der Waals surface area (Å²) in [6, 6.07) is 24.3. The van der Waals surface area contributed by atoms with Crippen LogP contribution >= 0.6 is 11.6 Å². The first-order valence-corrected chi connectivity index (χ1v) is 12.1. The third-order valence-electron chi connectivity index (χ3n) is 6.25. The number of amides is 1. The molecule has 0 aromatic heterocycles. The fourth-order valence-electron chi connectivity index (χ4n) is 4.33. The average Bonchev–Trinajstić information content (AvgIpc) is 2.89. The maximum absolute atomic E-state index is 12.6. The molecule has 1 aliphatic rings. The van der Waals surface area contributed by atoms with Crippen LogP contribution in [0.15, 0.2) is 78.9 Å². The van der Waals surface area contributed by atoms with Crippen LogP contribution in [0.4, 0.5) is 0 Å². The molecule has 5 rings (SSSR count). The third kappa shape index (κ3) is 6.28. The zero-order valence-corrected chi connectivity index (χ0v) is 23.1. The molecule has 1 N–H and O–H groups in total. The number of carboxylic acids is 1. The summed E-state index contributed by atoms with van der Waals surface area (Å²) < 4.78 is 11.5. The summed E-state index contributed by atoms with van der Waals surface area (Å²) in [5.41, 5.74) is 2.15. The van der Waals surface area contributed by atoms with Crippen LogP contribution < -0.4 is 49.5 Å². The van der Waals surface area contributed by atoms with Crippen molar-refractivity contribution in [2.45, 2.75) is 18.8 Å². The SMILES string of the molecule is O=C(NCCc1ccc2ccccc2c1)c1ccc(Oc2cc3c(cc2Cl)C(C(=O)[O-])CCO3)cc1.[Na+]. The van der Waals surface area contributed by atoms with Crippen LogP contribution in [0.5, 0.6) is 17.2 Å². The first-order valence-electron chi connectivity index (χ1n) is 11.7. The summed E-state index contributed by atoms with van der Waals surface area (Å²) in [5, 5.41) is 17.0. The molecule has 0 aliphatic carbocycles. The van der Waals surface area contributed by atoms with E-state index in [0.717, 1.165) is 12.0 Å². The maximum Gasteiger partial charge on any atom is 1.00 e. The number of halogens is 1. The topological polar surface area (TPSA) is 87.7 Å². The van der Waals surface area contributed by atoms with Crippen molar-refractivity contribution in [3.63, 3.8) is 0 Å². The van der Waals surface area contributed by atoms with Crippen molar-refractivity contribution in [2.75, 3.05) is 13.2 Å². The molecule has 1 atom stereocenters. The molecular formula is C29H23ClNNaO5. The van der Waals surface area contributed by atoms with Crippen molar-refractivity contribution in [1.82, 2.24) is 5.32 Å². The van der Waals surface area contributed by atoms with Crippen LogP contribution in [0, 0.1) is 0 Å². The van der Waals surface area contributed by atoms with Crippen LogP contribution in [0.3, 0.4) is 0 Å². The summed E-state index contributed by atoms with van der Waals surface area (Å²) in [7, 11) is 0. The van der Waals surface area contributed by atoms with Gasteiger partial charge in [0.1, 0.15) is 17.2 Å². The van der Waals surface area contributed by atoms with Crippen LogP contribution in [0.25, 0.3) is 10.8 Å². The Labute approximate surface area is 241 Å². The minimum absolute atomic E-state index is 0. The molecule has 1 amide bonds. The Hall–Kier alpha value is -3.03. The van der Waals surface area contributed by atoms with E-state index < -0.39 is 11.9 Å². The standard InChI is InChI=1S/C29H24ClNO5.Na/c30-25-16-24-23(29(33)34)12-14-35-26(24)17-27(25)36-22-9-7-20(8-10-22)28(32)31-13-11-18-5-6-19-3-1-2-4-21(19)15-18;/h1-10,15-17,23H,11-14H2,(H,31,32)(H,33,34);/q;+1/p-1. The van der Waals surface area contributed by atoms with Crippen LogP contribution in [-0.2, 0) is 11.2 Å². The van der Waals surface area contributed by atoms with Gasteiger partial charge in [-0.1, -0.05) is 54.1 Å². The fourth-order valence-corrected chi connectivity index (χ4v) is 4.54. The van der Waals surface area contributed by atoms with E-state index in [2.05, 4.69) is 35.6 Å². The van der Waals surface area contributed by atoms with Gasteiger partial charge in [0.2, 0.25) is 0 Å². The Balaban J connectivity index is 0.00000320. The van der Waals surface area contributed by atoms with E-state index in [1.165, 1.54) is 10.8 Å². The van der Waals surface area contributed by atoms with Gasteiger partial charge in [0.25, 0.3) is 5.91 Å². The Kier molecular flexibility index (Phi) is 8.77. The van der Waals surface area contributed by atoms with Crippen molar-refractivity contribution in [2.24, 2.45) is 0 Å². The van der Waals surface area contributed by atoms with Crippen LogP contribution in [0.2, 0.25) is 5.02 Å². The number of carbonyl (C=O) groups is 2. The summed E-state index contributed by atoms with van der Waals surface area (Å²) in [5.74, 6) is -0.860. The summed E-state index contributed by atoms with van der Waals surface area (Å²) in [6.07, 6.45) is 1.06. The second kappa shape index (κ2) is 12.0. The number of fused-ring (bicyclic) bond motifs is 2. The zero-order chi connectivity index (χ0) is 25.1. The van der Waals surface area contributed by atoms with Gasteiger partial charge in [-0.05, 0) is 59.5 Å². The number of hydrogen-bond acceptors (Lipinski definition) is 5. The van der Waals surface area contributed by atoms with Crippen molar-refractivity contribution in [3.05, 3.63) is 101 Å². The van der Waals surface area contributed by atoms with Gasteiger partial charge in [0.15, 0.2) is 0 Å². The number of benzene rings is 4. The van der Waals surface area contributed by atoms with Gasteiger partial charge in [-0.2, -0.15) is 0 Å². The summed E-state index contributed by atoms with van der Waals surface area (Å²) >= 11 is 6.34. The largest absolute Gasteiger partial charge is 1.00 e. The monoisotopic (exact) mass is 523 g/mol. The Morgan fingerprint density at radius 2 is 1.76 bits per heavy atom. The number of rotatable bonds is 7. The van der Waals surface area contributed by atoms with Gasteiger partial charge in [-0.25, -0.2) is 0 Å². The van der Waals surface area contributed by atoms with E-state index in [1.54, 1.807) is 36.4 Å². The van der Waals surface area contributed by atoms with Crippen molar-refractivity contribution in [1.29, 1.82) is 0 Å². The average molecular weight is 524 g/mol. The number of ether oxygens (including phenoxy) is 2. The number of carbonyl (C=O) groups excluding carboxylic acids is 2. The van der Waals surface area contributed by atoms with E-state index in [-0.39, 0.29) is 47.1 Å². The smallest absolute Gasteiger partial charge is 0.549 e. The van der Waals surface area contributed by atoms with Gasteiger partial charge >= 0.3 is 29.6 Å². The first kappa shape index (κ1) is 27.0. The molecule has 1 heterocycles. The molecule has 4 aromatic rings. The molecule has 0 spiro atoms. The number of carboxylic acid groups (broad SMARTS) is 1. The summed E-state index contributed by atoms with van der Waals surface area (Å²) in [4.78, 5) is 24.0. The molecule has 0 fully saturated rings. The van der Waals surface area contributed by atoms with E-state index >= 15 is 0 Å². The fraction of sp³-hybridized carbons (Fsp3) is 0.172. The van der Waals surface area contributed by atoms with Crippen molar-refractivity contribution >= 4 is 34.2 Å². The third-order valence-corrected chi connectivity index (χ3v) is 6.54. The maximum atomic E-state index is 12.6. The van der Waals surface area contributed by atoms with E-state index in [0.29, 0.717) is 41.3 Å². The molecule has 4 aromatic carbocycles. The predicted octanol–water partition coefficient (Wildman–Crippen LogP) is 1.88. The minimum Gasteiger partial charge on any atom is -0.549 e. The molecule has 182 valence electrons. The zero-order valence-electron chi connectivity index (χ0n) is 20.3. The van der Waals surface area contributed by atoms with Gasteiger partial charge in [0.05, 0.1) is 11.6 Å². The Bertz CT molecular complexity index is 1440. The molecule has 0 saturated heterocycles. The molecule has 0 radical (unpaired) electrons. The molecule has 8 heteroatoms. The molecule has 1 aliphatic heterocycles. The molecule has 0 saturated carbocycles. The number of hydrogen-bond donors (Lipinski definition) is 1. The Morgan fingerprint density at radius 1 is 1.00 bits per heavy atom. The first-order chi connectivity index (χ1) is 17.5. The van der Waals surface area contributed by atoms with E-state index in [4.69, 9.17) is 21.1 Å². The molecule has 0 bridgehead atoms. The molecule has 1 unspecified atom stereocenters. The molecule has 37 heavy (non-hydrogen) atoms.